The van der Waals surface area contributed by atoms with Gasteiger partial charge < -0.3 is 14.7 Å². The van der Waals surface area contributed by atoms with Crippen LogP contribution in [0.2, 0.25) is 0 Å². The highest BCUT2D eigenvalue weighted by molar-refractivity contribution is 7.89. The Morgan fingerprint density at radius 3 is 2.59 bits per heavy atom. The van der Waals surface area contributed by atoms with Gasteiger partial charge in [-0.15, -0.1) is 0 Å². The van der Waals surface area contributed by atoms with E-state index in [9.17, 15) is 18.3 Å². The minimum atomic E-state index is -3.89. The normalized spacial score (nSPS) is 23.7. The quantitative estimate of drug-likeness (QED) is 0.679. The van der Waals surface area contributed by atoms with Gasteiger partial charge in [0.05, 0.1) is 13.2 Å². The van der Waals surface area contributed by atoms with E-state index in [1.165, 1.54) is 10.4 Å². The number of likely N-dealkylation sites (N-methyl/N-ethyl adjacent to an activating group) is 1. The molecule has 0 unspecified atom stereocenters. The van der Waals surface area contributed by atoms with Crippen molar-refractivity contribution in [2.24, 2.45) is 17.8 Å². The first-order valence-corrected chi connectivity index (χ1v) is 12.7. The second kappa shape index (κ2) is 9.82. The van der Waals surface area contributed by atoms with Gasteiger partial charge >= 0.3 is 0 Å². The number of hydrogen-bond donors (Lipinski definition) is 1. The Bertz CT molecular complexity index is 1010. The maximum Gasteiger partial charge on any atom is 0.247 e. The van der Waals surface area contributed by atoms with Crippen LogP contribution in [0.15, 0.2) is 23.1 Å². The lowest BCUT2D eigenvalue weighted by molar-refractivity contribution is -0.132. The van der Waals surface area contributed by atoms with Crippen LogP contribution in [-0.4, -0.2) is 67.5 Å². The molecule has 1 aliphatic carbocycles. The molecule has 0 radical (unpaired) electrons. The molecule has 1 fully saturated rings. The summed E-state index contributed by atoms with van der Waals surface area (Å²) in [6.45, 7) is 7.84. The molecule has 3 atom stereocenters. The fourth-order valence-electron chi connectivity index (χ4n) is 3.75. The molecule has 1 aromatic carbocycles. The van der Waals surface area contributed by atoms with Gasteiger partial charge in [-0.05, 0) is 38.0 Å². The zero-order valence-electron chi connectivity index (χ0n) is 19.5. The zero-order chi connectivity index (χ0) is 23.6. The molecule has 2 aliphatic rings. The number of benzene rings is 1. The highest BCUT2D eigenvalue weighted by Gasteiger charge is 2.39. The SMILES string of the molecule is CC(C)C#Cc1ccc2c(c1)O[C@H](CN(C)C(=O)C1CC1)[C@H](C)CN([C@H](C)CO)S2(=O)=O. The fraction of sp³-hybridized carbons (Fsp3) is 0.625. The number of aliphatic hydroxyl groups is 1. The average molecular weight is 463 g/mol. The topological polar surface area (TPSA) is 87.2 Å². The fourth-order valence-corrected chi connectivity index (χ4v) is 5.58. The molecular formula is C24H34N2O5S. The molecule has 1 heterocycles. The number of nitrogens with zero attached hydrogens (tertiary/aromatic N) is 2. The van der Waals surface area contributed by atoms with Crippen molar-refractivity contribution in [2.45, 2.75) is 57.6 Å². The Morgan fingerprint density at radius 1 is 1.31 bits per heavy atom. The lowest BCUT2D eigenvalue weighted by atomic mass is 10.0. The molecule has 3 rings (SSSR count). The Hall–Kier alpha value is -2.08. The van der Waals surface area contributed by atoms with Crippen molar-refractivity contribution in [3.8, 4) is 17.6 Å². The molecule has 1 N–H and O–H groups in total. The van der Waals surface area contributed by atoms with Gasteiger partial charge in [-0.2, -0.15) is 4.31 Å². The summed E-state index contributed by atoms with van der Waals surface area (Å²) in [4.78, 5) is 14.3. The van der Waals surface area contributed by atoms with Gasteiger partial charge in [0.1, 0.15) is 16.7 Å². The predicted octanol–water partition coefficient (Wildman–Crippen LogP) is 2.33. The van der Waals surface area contributed by atoms with E-state index in [1.54, 1.807) is 31.0 Å². The summed E-state index contributed by atoms with van der Waals surface area (Å²) < 4.78 is 34.6. The third-order valence-electron chi connectivity index (χ3n) is 5.93. The third kappa shape index (κ3) is 5.45. The molecule has 7 nitrogen and oxygen atoms in total. The van der Waals surface area contributed by atoms with Gasteiger partial charge in [0.25, 0.3) is 0 Å². The smallest absolute Gasteiger partial charge is 0.247 e. The van der Waals surface area contributed by atoms with Crippen LogP contribution >= 0.6 is 0 Å². The molecule has 1 saturated carbocycles. The highest BCUT2D eigenvalue weighted by Crippen LogP contribution is 2.35. The summed E-state index contributed by atoms with van der Waals surface area (Å²) >= 11 is 0. The number of aliphatic hydroxyl groups excluding tert-OH is 1. The lowest BCUT2D eigenvalue weighted by Gasteiger charge is -2.37. The van der Waals surface area contributed by atoms with Crippen LogP contribution in [0.3, 0.4) is 0 Å². The van der Waals surface area contributed by atoms with Crippen LogP contribution in [-0.2, 0) is 14.8 Å². The first-order chi connectivity index (χ1) is 15.0. The Balaban J connectivity index is 2.03. The predicted molar refractivity (Wildman–Crippen MR) is 123 cm³/mol. The summed E-state index contributed by atoms with van der Waals surface area (Å²) in [5, 5.41) is 9.73. The Kier molecular flexibility index (Phi) is 7.53. The lowest BCUT2D eigenvalue weighted by Crippen LogP contribution is -2.50. The summed E-state index contributed by atoms with van der Waals surface area (Å²) in [5.41, 5.74) is 0.670. The van der Waals surface area contributed by atoms with Crippen LogP contribution in [0.5, 0.6) is 5.75 Å². The molecule has 8 heteroatoms. The van der Waals surface area contributed by atoms with Crippen molar-refractivity contribution in [2.75, 3.05) is 26.7 Å². The molecule has 176 valence electrons. The van der Waals surface area contributed by atoms with Crippen molar-refractivity contribution >= 4 is 15.9 Å². The second-order valence-corrected chi connectivity index (χ2v) is 11.2. The number of sulfonamides is 1. The zero-order valence-corrected chi connectivity index (χ0v) is 20.4. The first kappa shape index (κ1) is 24.6. The van der Waals surface area contributed by atoms with Gasteiger partial charge in [0.2, 0.25) is 15.9 Å². The van der Waals surface area contributed by atoms with Crippen LogP contribution in [0, 0.1) is 29.6 Å². The van der Waals surface area contributed by atoms with E-state index in [4.69, 9.17) is 4.74 Å². The van der Waals surface area contributed by atoms with E-state index in [2.05, 4.69) is 11.8 Å². The molecule has 0 aromatic heterocycles. The number of carbonyl (C=O) groups is 1. The largest absolute Gasteiger partial charge is 0.487 e. The van der Waals surface area contributed by atoms with Crippen molar-refractivity contribution < 1.29 is 23.1 Å². The Labute approximate surface area is 191 Å². The number of ether oxygens (including phenoxy) is 1. The van der Waals surface area contributed by atoms with E-state index >= 15 is 0 Å². The van der Waals surface area contributed by atoms with Crippen molar-refractivity contribution in [3.05, 3.63) is 23.8 Å². The van der Waals surface area contributed by atoms with Gasteiger partial charge in [-0.3, -0.25) is 4.79 Å². The number of rotatable bonds is 5. The molecule has 32 heavy (non-hydrogen) atoms. The monoisotopic (exact) mass is 462 g/mol. The summed E-state index contributed by atoms with van der Waals surface area (Å²) in [5.74, 6) is 6.57. The first-order valence-electron chi connectivity index (χ1n) is 11.2. The van der Waals surface area contributed by atoms with Crippen molar-refractivity contribution in [1.29, 1.82) is 0 Å². The van der Waals surface area contributed by atoms with E-state index in [-0.39, 0.29) is 47.5 Å². The Morgan fingerprint density at radius 2 is 2.00 bits per heavy atom. The minimum Gasteiger partial charge on any atom is -0.487 e. The van der Waals surface area contributed by atoms with Crippen LogP contribution in [0.1, 0.15) is 46.1 Å². The average Bonchev–Trinajstić information content (AvgIpc) is 3.58. The van der Waals surface area contributed by atoms with Crippen molar-refractivity contribution in [3.63, 3.8) is 0 Å². The van der Waals surface area contributed by atoms with Gasteiger partial charge in [-0.1, -0.05) is 32.6 Å². The molecule has 1 aliphatic heterocycles. The molecule has 1 aromatic rings. The van der Waals surface area contributed by atoms with E-state index in [0.717, 1.165) is 12.8 Å². The molecule has 0 saturated heterocycles. The van der Waals surface area contributed by atoms with Gasteiger partial charge in [0.15, 0.2) is 0 Å². The minimum absolute atomic E-state index is 0.0565. The number of amides is 1. The number of fused-ring (bicyclic) bond motifs is 1. The molecule has 0 bridgehead atoms. The van der Waals surface area contributed by atoms with E-state index in [0.29, 0.717) is 12.1 Å². The molecule has 0 spiro atoms. The summed E-state index contributed by atoms with van der Waals surface area (Å²) in [6.07, 6.45) is 1.44. The van der Waals surface area contributed by atoms with Gasteiger partial charge in [-0.25, -0.2) is 8.42 Å². The van der Waals surface area contributed by atoms with E-state index < -0.39 is 22.2 Å². The summed E-state index contributed by atoms with van der Waals surface area (Å²) in [7, 11) is -2.12. The van der Waals surface area contributed by atoms with Gasteiger partial charge in [0, 0.05) is 43.0 Å². The molecular weight excluding hydrogens is 428 g/mol. The maximum atomic E-state index is 13.5. The second-order valence-electron chi connectivity index (χ2n) is 9.32. The van der Waals surface area contributed by atoms with Crippen molar-refractivity contribution in [1.82, 2.24) is 9.21 Å². The third-order valence-corrected chi connectivity index (χ3v) is 7.95. The number of carbonyl (C=O) groups excluding carboxylic acids is 1. The highest BCUT2D eigenvalue weighted by atomic mass is 32.2. The van der Waals surface area contributed by atoms with E-state index in [1.807, 2.05) is 20.8 Å². The number of hydrogen-bond acceptors (Lipinski definition) is 5. The maximum absolute atomic E-state index is 13.5. The standard InChI is InChI=1S/C24H34N2O5S/c1-16(2)6-7-19-8-11-23-21(12-19)31-22(14-25(5)24(28)20-9-10-20)17(3)13-26(18(4)15-27)32(23,29)30/h8,11-12,16-18,20,22,27H,9-10,13-15H2,1-5H3/t17-,18-,22-/m1/s1. The molecule has 1 amide bonds. The summed E-state index contributed by atoms with van der Waals surface area (Å²) in [6, 6.07) is 4.29. The van der Waals surface area contributed by atoms with Crippen LogP contribution in [0.25, 0.3) is 0 Å². The van der Waals surface area contributed by atoms with Crippen LogP contribution in [0.4, 0.5) is 0 Å². The van der Waals surface area contributed by atoms with Crippen LogP contribution < -0.4 is 4.74 Å².